The van der Waals surface area contributed by atoms with Crippen LogP contribution in [-0.2, 0) is 11.3 Å². The molecule has 3 atom stereocenters. The number of alkyl halides is 1. The number of benzene rings is 1. The molecule has 1 aromatic rings. The topological polar surface area (TPSA) is 83.6 Å². The molecule has 0 radical (unpaired) electrons. The van der Waals surface area contributed by atoms with Gasteiger partial charge in [0.15, 0.2) is 0 Å². The lowest BCUT2D eigenvalue weighted by Crippen LogP contribution is -2.40. The van der Waals surface area contributed by atoms with E-state index in [0.29, 0.717) is 22.6 Å². The van der Waals surface area contributed by atoms with Gasteiger partial charge in [-0.15, -0.1) is 0 Å². The van der Waals surface area contributed by atoms with E-state index in [-0.39, 0.29) is 34.3 Å². The summed E-state index contributed by atoms with van der Waals surface area (Å²) in [5.41, 5.74) is 2.89. The van der Waals surface area contributed by atoms with E-state index in [0.717, 1.165) is 24.1 Å². The van der Waals surface area contributed by atoms with Gasteiger partial charge in [0.2, 0.25) is 6.86 Å². The van der Waals surface area contributed by atoms with Crippen LogP contribution in [0.15, 0.2) is 34.1 Å². The predicted molar refractivity (Wildman–Crippen MR) is 131 cm³/mol. The molecule has 0 bridgehead atoms. The van der Waals surface area contributed by atoms with Gasteiger partial charge in [-0.25, -0.2) is 4.39 Å². The van der Waals surface area contributed by atoms with E-state index >= 15 is 0 Å². The molecule has 1 aromatic carbocycles. The van der Waals surface area contributed by atoms with Crippen molar-refractivity contribution in [3.05, 3.63) is 45.5 Å². The first-order valence-corrected chi connectivity index (χ1v) is 11.4. The number of phenols is 1. The summed E-state index contributed by atoms with van der Waals surface area (Å²) >= 11 is 6.42. The van der Waals surface area contributed by atoms with E-state index in [9.17, 15) is 14.7 Å². The zero-order valence-corrected chi connectivity index (χ0v) is 20.9. The first-order chi connectivity index (χ1) is 15.6. The highest BCUT2D eigenvalue weighted by Gasteiger charge is 2.40. The fourth-order valence-corrected chi connectivity index (χ4v) is 4.56. The molecular weight excluding hydrogens is 447 g/mol. The Labute approximate surface area is 200 Å². The third-order valence-electron chi connectivity index (χ3n) is 7.02. The Hall–Kier alpha value is -2.54. The lowest BCUT2D eigenvalue weighted by molar-refractivity contribution is 0.184. The maximum absolute atomic E-state index is 13.0. The number of halogens is 2. The molecule has 0 unspecified atom stereocenters. The molecule has 8 heteroatoms. The van der Waals surface area contributed by atoms with Crippen LogP contribution in [0, 0.1) is 24.2 Å². The second-order valence-electron chi connectivity index (χ2n) is 8.78. The molecule has 0 spiro atoms. The van der Waals surface area contributed by atoms with Gasteiger partial charge in [0, 0.05) is 17.0 Å². The molecule has 1 saturated carbocycles. The maximum Gasteiger partial charge on any atom is 0.228 e. The minimum Gasteiger partial charge on any atom is -0.507 e. The second-order valence-corrected chi connectivity index (χ2v) is 9.16. The Kier molecular flexibility index (Phi) is 9.35. The number of allylic oxidation sites excluding steroid dienone is 4. The van der Waals surface area contributed by atoms with Crippen LogP contribution in [0.25, 0.3) is 0 Å². The molecule has 1 aliphatic carbocycles. The molecule has 1 aliphatic rings. The largest absolute Gasteiger partial charge is 0.507 e. The lowest BCUT2D eigenvalue weighted by Gasteiger charge is -2.43. The monoisotopic (exact) mass is 480 g/mol. The van der Waals surface area contributed by atoms with Gasteiger partial charge in [0.25, 0.3) is 0 Å². The van der Waals surface area contributed by atoms with Gasteiger partial charge in [-0.3, -0.25) is 0 Å². The molecule has 0 heterocycles. The van der Waals surface area contributed by atoms with Crippen LogP contribution in [0.4, 0.5) is 4.39 Å². The van der Waals surface area contributed by atoms with Crippen molar-refractivity contribution >= 4 is 23.5 Å². The number of hydrogen-bond acceptors (Lipinski definition) is 6. The number of hydrogen-bond donors (Lipinski definition) is 2. The number of oxime groups is 2. The summed E-state index contributed by atoms with van der Waals surface area (Å²) < 4.78 is 18.2. The molecule has 0 amide bonds. The highest BCUT2D eigenvalue weighted by atomic mass is 35.5. The van der Waals surface area contributed by atoms with E-state index < -0.39 is 6.86 Å². The normalized spacial score (nSPS) is 25.3. The third kappa shape index (κ3) is 5.69. The third-order valence-corrected chi connectivity index (χ3v) is 7.48. The Balaban J connectivity index is 2.39. The Bertz CT molecular complexity index is 974. The Morgan fingerprint density at radius 1 is 1.36 bits per heavy atom. The predicted octanol–water partition coefficient (Wildman–Crippen LogP) is 6.59. The summed E-state index contributed by atoms with van der Waals surface area (Å²) in [7, 11) is 1.40. The van der Waals surface area contributed by atoms with E-state index in [2.05, 4.69) is 37.2 Å². The van der Waals surface area contributed by atoms with E-state index in [1.54, 1.807) is 6.92 Å². The minimum absolute atomic E-state index is 0.0838. The summed E-state index contributed by atoms with van der Waals surface area (Å²) in [4.78, 5) is 4.72. The van der Waals surface area contributed by atoms with Gasteiger partial charge in [-0.05, 0) is 50.0 Å². The van der Waals surface area contributed by atoms with Gasteiger partial charge >= 0.3 is 0 Å². The van der Waals surface area contributed by atoms with Gasteiger partial charge in [0.05, 0.1) is 16.9 Å². The Morgan fingerprint density at radius 3 is 2.67 bits per heavy atom. The van der Waals surface area contributed by atoms with Crippen molar-refractivity contribution in [1.82, 2.24) is 0 Å². The molecule has 182 valence electrons. The van der Waals surface area contributed by atoms with Crippen molar-refractivity contribution in [2.24, 2.45) is 27.6 Å². The van der Waals surface area contributed by atoms with Crippen molar-refractivity contribution in [1.29, 1.82) is 0 Å². The number of phenolic OH excluding ortho intramolecular Hbond substituents is 1. The van der Waals surface area contributed by atoms with Crippen LogP contribution >= 0.6 is 11.6 Å². The van der Waals surface area contributed by atoms with Gasteiger partial charge in [-0.1, -0.05) is 66.5 Å². The highest BCUT2D eigenvalue weighted by molar-refractivity contribution is 6.33. The van der Waals surface area contributed by atoms with Crippen molar-refractivity contribution in [3.63, 3.8) is 0 Å². The molecule has 33 heavy (non-hydrogen) atoms. The summed E-state index contributed by atoms with van der Waals surface area (Å²) in [6.45, 7) is 9.05. The first kappa shape index (κ1) is 26.7. The van der Waals surface area contributed by atoms with E-state index in [4.69, 9.17) is 21.2 Å². The van der Waals surface area contributed by atoms with Crippen LogP contribution < -0.4 is 4.74 Å². The first-order valence-electron chi connectivity index (χ1n) is 11.0. The SMILES string of the molecule is CO/N=C/c1c(C)c(Cl)c(OCF)c(C/C=C(C)/C=C/[C@@]2(C)[C@H](C)CC/C(=N\O)[C@@H]2C)c1O. The fourth-order valence-electron chi connectivity index (χ4n) is 4.29. The maximum atomic E-state index is 13.0. The Morgan fingerprint density at radius 2 is 2.06 bits per heavy atom. The van der Waals surface area contributed by atoms with Gasteiger partial charge < -0.3 is 19.9 Å². The molecule has 1 fully saturated rings. The standard InChI is InChI=1S/C25H34ClFN2O4/c1-15(11-12-25(5)16(2)8-10-21(29-31)18(25)4)7-9-19-23(30)20(13-28-32-6)17(3)22(26)24(19)33-14-27/h7,11-13,16,18,30-31H,8-10,14H2,1-6H3/b12-11+,15-7+,28-13+,29-21+/t16-,18+,25+/m1/s1. The molecule has 6 nitrogen and oxygen atoms in total. The van der Waals surface area contributed by atoms with Crippen LogP contribution in [0.5, 0.6) is 11.5 Å². The number of ether oxygens (including phenoxy) is 1. The van der Waals surface area contributed by atoms with Crippen LogP contribution in [-0.4, -0.2) is 36.2 Å². The van der Waals surface area contributed by atoms with Crippen molar-refractivity contribution in [2.75, 3.05) is 14.0 Å². The lowest BCUT2D eigenvalue weighted by atomic mass is 9.61. The van der Waals surface area contributed by atoms with E-state index in [1.807, 2.05) is 19.1 Å². The van der Waals surface area contributed by atoms with Crippen molar-refractivity contribution < 1.29 is 24.3 Å². The van der Waals surface area contributed by atoms with Gasteiger partial charge in [0.1, 0.15) is 18.6 Å². The number of rotatable bonds is 8. The summed E-state index contributed by atoms with van der Waals surface area (Å²) in [6, 6.07) is 0. The summed E-state index contributed by atoms with van der Waals surface area (Å²) in [6.07, 6.45) is 9.51. The molecule has 0 aromatic heterocycles. The second kappa shape index (κ2) is 11.5. The highest BCUT2D eigenvalue weighted by Crippen LogP contribution is 2.45. The van der Waals surface area contributed by atoms with Crippen LogP contribution in [0.1, 0.15) is 57.2 Å². The van der Waals surface area contributed by atoms with Gasteiger partial charge in [-0.2, -0.15) is 0 Å². The molecule has 2 N–H and O–H groups in total. The average molecular weight is 481 g/mol. The van der Waals surface area contributed by atoms with Crippen molar-refractivity contribution in [2.45, 2.75) is 53.9 Å². The molecular formula is C25H34ClFN2O4. The van der Waals surface area contributed by atoms with E-state index in [1.165, 1.54) is 13.3 Å². The average Bonchev–Trinajstić information content (AvgIpc) is 2.79. The molecule has 0 saturated heterocycles. The van der Waals surface area contributed by atoms with Crippen LogP contribution in [0.2, 0.25) is 5.02 Å². The van der Waals surface area contributed by atoms with Crippen LogP contribution in [0.3, 0.4) is 0 Å². The zero-order valence-electron chi connectivity index (χ0n) is 20.2. The summed E-state index contributed by atoms with van der Waals surface area (Å²) in [5.74, 6) is 0.568. The van der Waals surface area contributed by atoms with Crippen molar-refractivity contribution in [3.8, 4) is 11.5 Å². The quantitative estimate of drug-likeness (QED) is 0.190. The smallest absolute Gasteiger partial charge is 0.228 e. The summed E-state index contributed by atoms with van der Waals surface area (Å²) in [5, 5.41) is 27.6. The molecule has 0 aliphatic heterocycles. The number of aromatic hydroxyl groups is 1. The molecule has 2 rings (SSSR count). The fraction of sp³-hybridized carbons (Fsp3) is 0.520. The zero-order chi connectivity index (χ0) is 24.8. The number of nitrogens with zero attached hydrogens (tertiary/aromatic N) is 2. The minimum atomic E-state index is -1.07.